The summed E-state index contributed by atoms with van der Waals surface area (Å²) < 4.78 is 0. The van der Waals surface area contributed by atoms with Crippen molar-refractivity contribution in [2.75, 3.05) is 13.6 Å². The molecule has 72 valence electrons. The van der Waals surface area contributed by atoms with E-state index in [-0.39, 0.29) is 0 Å². The van der Waals surface area contributed by atoms with Gasteiger partial charge in [0.25, 0.3) is 0 Å². The summed E-state index contributed by atoms with van der Waals surface area (Å²) in [7, 11) is 1.86. The maximum absolute atomic E-state index is 8.86. The van der Waals surface area contributed by atoms with Crippen molar-refractivity contribution in [3.63, 3.8) is 0 Å². The molecule has 0 amide bonds. The highest BCUT2D eigenvalue weighted by molar-refractivity contribution is 5.04. The average molecular weight is 179 g/mol. The Balaban J connectivity index is 4.44. The quantitative estimate of drug-likeness (QED) is 0.663. The predicted molar refractivity (Wildman–Crippen MR) is 51.7 cm³/mol. The summed E-state index contributed by atoms with van der Waals surface area (Å²) in [5.74, 6) is 0. The Kier molecular flexibility index (Phi) is 3.46. The Bertz CT molecular complexity index is 252. The summed E-state index contributed by atoms with van der Waals surface area (Å²) in [6.07, 6.45) is 0. The Morgan fingerprint density at radius 2 is 1.54 bits per heavy atom. The molecule has 0 aliphatic rings. The molecule has 0 aliphatic heterocycles. The molecule has 3 heteroatoms. The van der Waals surface area contributed by atoms with Crippen LogP contribution >= 0.6 is 0 Å². The fourth-order valence-electron chi connectivity index (χ4n) is 0.911. The molecule has 0 unspecified atom stereocenters. The van der Waals surface area contributed by atoms with Crippen molar-refractivity contribution in [1.29, 1.82) is 10.5 Å². The van der Waals surface area contributed by atoms with E-state index >= 15 is 0 Å². The van der Waals surface area contributed by atoms with Crippen LogP contribution in [0.1, 0.15) is 27.7 Å². The van der Waals surface area contributed by atoms with E-state index < -0.39 is 11.0 Å². The van der Waals surface area contributed by atoms with Crippen molar-refractivity contribution in [3.8, 4) is 12.1 Å². The number of hydrogen-bond acceptors (Lipinski definition) is 3. The van der Waals surface area contributed by atoms with Crippen molar-refractivity contribution < 1.29 is 0 Å². The number of nitriles is 2. The molecular weight excluding hydrogens is 162 g/mol. The Labute approximate surface area is 80.6 Å². The van der Waals surface area contributed by atoms with Crippen LogP contribution in [0, 0.1) is 28.1 Å². The highest BCUT2D eigenvalue weighted by atomic mass is 15.2. The maximum atomic E-state index is 8.86. The molecule has 0 saturated heterocycles. The summed E-state index contributed by atoms with van der Waals surface area (Å²) in [6.45, 7) is 8.04. The van der Waals surface area contributed by atoms with Crippen LogP contribution in [-0.2, 0) is 0 Å². The minimum Gasteiger partial charge on any atom is -0.288 e. The molecule has 0 aromatic rings. The lowest BCUT2D eigenvalue weighted by molar-refractivity contribution is 0.166. The molecule has 0 saturated carbocycles. The van der Waals surface area contributed by atoms with Gasteiger partial charge in [-0.1, -0.05) is 0 Å². The summed E-state index contributed by atoms with van der Waals surface area (Å²) in [4.78, 5) is 1.90. The minimum atomic E-state index is -0.506. The SMILES string of the molecule is CN(CC(C)(C)C#N)C(C)(C)C#N. The van der Waals surface area contributed by atoms with E-state index in [1.807, 2.05) is 39.6 Å². The van der Waals surface area contributed by atoms with Gasteiger partial charge in [-0.05, 0) is 34.7 Å². The van der Waals surface area contributed by atoms with Gasteiger partial charge in [-0.15, -0.1) is 0 Å². The third-order valence-electron chi connectivity index (χ3n) is 2.16. The molecule has 0 aromatic carbocycles. The molecule has 0 fully saturated rings. The topological polar surface area (TPSA) is 50.8 Å². The van der Waals surface area contributed by atoms with E-state index in [1.54, 1.807) is 0 Å². The van der Waals surface area contributed by atoms with Gasteiger partial charge in [0.1, 0.15) is 5.54 Å². The molecule has 13 heavy (non-hydrogen) atoms. The van der Waals surface area contributed by atoms with E-state index in [2.05, 4.69) is 12.1 Å². The normalized spacial score (nSPS) is 12.3. The fraction of sp³-hybridized carbons (Fsp3) is 0.800. The van der Waals surface area contributed by atoms with E-state index in [9.17, 15) is 0 Å². The zero-order valence-electron chi connectivity index (χ0n) is 9.05. The second-order valence-electron chi connectivity index (χ2n) is 4.52. The van der Waals surface area contributed by atoms with Crippen LogP contribution in [0.25, 0.3) is 0 Å². The van der Waals surface area contributed by atoms with Crippen molar-refractivity contribution in [2.45, 2.75) is 33.2 Å². The predicted octanol–water partition coefficient (Wildman–Crippen LogP) is 1.77. The van der Waals surface area contributed by atoms with Gasteiger partial charge in [0.2, 0.25) is 0 Å². The Hall–Kier alpha value is -1.06. The monoisotopic (exact) mass is 179 g/mol. The van der Waals surface area contributed by atoms with E-state index in [4.69, 9.17) is 10.5 Å². The summed E-state index contributed by atoms with van der Waals surface area (Å²) in [6, 6.07) is 4.42. The highest BCUT2D eigenvalue weighted by Crippen LogP contribution is 2.19. The van der Waals surface area contributed by atoms with Crippen LogP contribution in [0.15, 0.2) is 0 Å². The lowest BCUT2D eigenvalue weighted by Gasteiger charge is -2.33. The third kappa shape index (κ3) is 3.44. The zero-order chi connectivity index (χ0) is 10.7. The van der Waals surface area contributed by atoms with Gasteiger partial charge >= 0.3 is 0 Å². The number of nitrogens with zero attached hydrogens (tertiary/aromatic N) is 3. The fourth-order valence-corrected chi connectivity index (χ4v) is 0.911. The van der Waals surface area contributed by atoms with E-state index in [0.717, 1.165) is 0 Å². The molecule has 0 rings (SSSR count). The first-order chi connectivity index (χ1) is 5.75. The van der Waals surface area contributed by atoms with Gasteiger partial charge in [0.15, 0.2) is 0 Å². The van der Waals surface area contributed by atoms with Crippen LogP contribution in [-0.4, -0.2) is 24.0 Å². The van der Waals surface area contributed by atoms with Gasteiger partial charge in [0.05, 0.1) is 17.6 Å². The van der Waals surface area contributed by atoms with E-state index in [0.29, 0.717) is 6.54 Å². The van der Waals surface area contributed by atoms with Crippen LogP contribution in [0.5, 0.6) is 0 Å². The van der Waals surface area contributed by atoms with Gasteiger partial charge in [0, 0.05) is 6.54 Å². The summed E-state index contributed by atoms with van der Waals surface area (Å²) >= 11 is 0. The van der Waals surface area contributed by atoms with E-state index in [1.165, 1.54) is 0 Å². The number of rotatable bonds is 3. The lowest BCUT2D eigenvalue weighted by Crippen LogP contribution is -2.44. The summed E-state index contributed by atoms with van der Waals surface area (Å²) in [5.41, 5.74) is -0.906. The second kappa shape index (κ2) is 3.77. The lowest BCUT2D eigenvalue weighted by atomic mass is 9.93. The molecule has 0 atom stereocenters. The maximum Gasteiger partial charge on any atom is 0.103 e. The molecule has 0 bridgehead atoms. The summed E-state index contributed by atoms with van der Waals surface area (Å²) in [5, 5.41) is 17.7. The van der Waals surface area contributed by atoms with Gasteiger partial charge < -0.3 is 0 Å². The molecule has 0 radical (unpaired) electrons. The van der Waals surface area contributed by atoms with Crippen molar-refractivity contribution in [2.24, 2.45) is 5.41 Å². The van der Waals surface area contributed by atoms with Gasteiger partial charge in [-0.3, -0.25) is 4.90 Å². The van der Waals surface area contributed by atoms with Crippen molar-refractivity contribution in [1.82, 2.24) is 4.90 Å². The van der Waals surface area contributed by atoms with Gasteiger partial charge in [-0.25, -0.2) is 0 Å². The number of hydrogen-bond donors (Lipinski definition) is 0. The van der Waals surface area contributed by atoms with Crippen LogP contribution in [0.3, 0.4) is 0 Å². The van der Waals surface area contributed by atoms with Crippen LogP contribution < -0.4 is 0 Å². The molecule has 3 nitrogen and oxygen atoms in total. The first-order valence-corrected chi connectivity index (χ1v) is 4.29. The molecule has 0 heterocycles. The highest BCUT2D eigenvalue weighted by Gasteiger charge is 2.28. The first kappa shape index (κ1) is 11.9. The first-order valence-electron chi connectivity index (χ1n) is 4.29. The largest absolute Gasteiger partial charge is 0.288 e. The third-order valence-corrected chi connectivity index (χ3v) is 2.16. The molecule has 0 N–H and O–H groups in total. The smallest absolute Gasteiger partial charge is 0.103 e. The molecule has 0 spiro atoms. The molecular formula is C10H17N3. The standard InChI is InChI=1S/C10H17N3/c1-9(2,6-11)8-13(5)10(3,4)7-12/h8H2,1-5H3. The Morgan fingerprint density at radius 3 is 1.85 bits per heavy atom. The van der Waals surface area contributed by atoms with Crippen LogP contribution in [0.2, 0.25) is 0 Å². The Morgan fingerprint density at radius 1 is 1.08 bits per heavy atom. The van der Waals surface area contributed by atoms with Crippen molar-refractivity contribution in [3.05, 3.63) is 0 Å². The molecule has 0 aromatic heterocycles. The van der Waals surface area contributed by atoms with Crippen molar-refractivity contribution >= 4 is 0 Å². The molecule has 0 aliphatic carbocycles. The second-order valence-corrected chi connectivity index (χ2v) is 4.52. The average Bonchev–Trinajstić information content (AvgIpc) is 2.04. The van der Waals surface area contributed by atoms with Crippen LogP contribution in [0.4, 0.5) is 0 Å². The minimum absolute atomic E-state index is 0.400. The zero-order valence-corrected chi connectivity index (χ0v) is 9.05. The van der Waals surface area contributed by atoms with Gasteiger partial charge in [-0.2, -0.15) is 10.5 Å².